The fourth-order valence-corrected chi connectivity index (χ4v) is 6.38. The van der Waals surface area contributed by atoms with Gasteiger partial charge in [-0.1, -0.05) is 12.1 Å². The number of carbonyl (C=O) groups excluding carboxylic acids is 1. The highest BCUT2D eigenvalue weighted by atomic mass is 32.2. The zero-order valence-electron chi connectivity index (χ0n) is 18.5. The van der Waals surface area contributed by atoms with Gasteiger partial charge >= 0.3 is 0 Å². The number of piperazine rings is 1. The Hall–Kier alpha value is -2.39. The average Bonchev–Trinajstić information content (AvgIpc) is 3.21. The highest BCUT2D eigenvalue weighted by Crippen LogP contribution is 2.31. The van der Waals surface area contributed by atoms with Crippen LogP contribution in [0.3, 0.4) is 0 Å². The normalized spacial score (nSPS) is 21.4. The van der Waals surface area contributed by atoms with Gasteiger partial charge in [0.1, 0.15) is 0 Å². The van der Waals surface area contributed by atoms with E-state index in [1.54, 1.807) is 0 Å². The van der Waals surface area contributed by atoms with Crippen molar-refractivity contribution in [3.05, 3.63) is 41.2 Å². The third-order valence-electron chi connectivity index (χ3n) is 6.20. The van der Waals surface area contributed by atoms with Gasteiger partial charge in [-0.3, -0.25) is 14.4 Å². The van der Waals surface area contributed by atoms with Crippen LogP contribution in [0.15, 0.2) is 24.3 Å². The summed E-state index contributed by atoms with van der Waals surface area (Å²) in [4.78, 5) is 16.9. The van der Waals surface area contributed by atoms with Crippen LogP contribution < -0.4 is 10.2 Å². The summed E-state index contributed by atoms with van der Waals surface area (Å²) in [5, 5.41) is 7.66. The lowest BCUT2D eigenvalue weighted by atomic mass is 10.2. The molecule has 2 saturated heterocycles. The van der Waals surface area contributed by atoms with Gasteiger partial charge in [-0.25, -0.2) is 8.42 Å². The number of carbonyl (C=O) groups is 1. The maximum absolute atomic E-state index is 12.4. The van der Waals surface area contributed by atoms with Gasteiger partial charge in [0.05, 0.1) is 41.2 Å². The number of hydrogen-bond donors (Lipinski definition) is 1. The minimum Gasteiger partial charge on any atom is -0.366 e. The van der Waals surface area contributed by atoms with Crippen molar-refractivity contribution in [2.24, 2.45) is 0 Å². The van der Waals surface area contributed by atoms with Gasteiger partial charge in [0.2, 0.25) is 5.91 Å². The van der Waals surface area contributed by atoms with Crippen molar-refractivity contribution in [1.29, 1.82) is 0 Å². The summed E-state index contributed by atoms with van der Waals surface area (Å²) in [7, 11) is -2.95. The highest BCUT2D eigenvalue weighted by Gasteiger charge is 2.32. The first-order chi connectivity index (χ1) is 14.7. The Morgan fingerprint density at radius 3 is 2.55 bits per heavy atom. The van der Waals surface area contributed by atoms with E-state index in [4.69, 9.17) is 0 Å². The van der Waals surface area contributed by atoms with E-state index in [9.17, 15) is 13.2 Å². The van der Waals surface area contributed by atoms with Gasteiger partial charge in [-0.2, -0.15) is 5.10 Å². The number of aromatic nitrogens is 2. The van der Waals surface area contributed by atoms with Gasteiger partial charge in [0.25, 0.3) is 0 Å². The molecule has 1 unspecified atom stereocenters. The Kier molecular flexibility index (Phi) is 6.07. The van der Waals surface area contributed by atoms with E-state index >= 15 is 0 Å². The average molecular weight is 446 g/mol. The van der Waals surface area contributed by atoms with Gasteiger partial charge in [0.15, 0.2) is 9.84 Å². The Morgan fingerprint density at radius 2 is 1.90 bits per heavy atom. The van der Waals surface area contributed by atoms with Crippen LogP contribution in [0.25, 0.3) is 0 Å². The molecule has 2 fully saturated rings. The quantitative estimate of drug-likeness (QED) is 0.757. The van der Waals surface area contributed by atoms with Crippen LogP contribution in [0.5, 0.6) is 0 Å². The minimum atomic E-state index is -2.95. The van der Waals surface area contributed by atoms with E-state index in [1.165, 1.54) is 0 Å². The predicted molar refractivity (Wildman–Crippen MR) is 122 cm³/mol. The van der Waals surface area contributed by atoms with Crippen LogP contribution in [0, 0.1) is 20.8 Å². The first-order valence-electron chi connectivity index (χ1n) is 10.8. The lowest BCUT2D eigenvalue weighted by molar-refractivity contribution is -0.117. The molecule has 3 heterocycles. The first kappa shape index (κ1) is 21.8. The largest absolute Gasteiger partial charge is 0.366 e. The number of benzene rings is 1. The van der Waals surface area contributed by atoms with E-state index < -0.39 is 9.84 Å². The molecule has 1 N–H and O–H groups in total. The second-order valence-electron chi connectivity index (χ2n) is 8.70. The van der Waals surface area contributed by atoms with Crippen LogP contribution in [-0.4, -0.2) is 73.2 Å². The summed E-state index contributed by atoms with van der Waals surface area (Å²) in [5.41, 5.74) is 5.02. The van der Waals surface area contributed by atoms with Gasteiger partial charge < -0.3 is 10.2 Å². The molecule has 1 aromatic carbocycles. The van der Waals surface area contributed by atoms with Crippen LogP contribution >= 0.6 is 0 Å². The third kappa shape index (κ3) is 4.93. The molecule has 1 aromatic heterocycles. The Balaban J connectivity index is 1.35. The maximum atomic E-state index is 12.4. The minimum absolute atomic E-state index is 0.00155. The second-order valence-corrected chi connectivity index (χ2v) is 10.9. The molecule has 0 radical (unpaired) electrons. The summed E-state index contributed by atoms with van der Waals surface area (Å²) in [6.07, 6.45) is 0.633. The molecule has 2 aliphatic heterocycles. The number of sulfone groups is 1. The van der Waals surface area contributed by atoms with Gasteiger partial charge in [-0.05, 0) is 44.9 Å². The standard InChI is InChI=1S/C22H31N5O3S/c1-16-5-4-6-19(13-16)23-21(28)14-25-8-10-26(11-9-25)22-17(2)24-27(18(22)3)20-7-12-31(29,30)15-20/h4-6,13,20H,7-12,14-15H2,1-3H3,(H,23,28). The third-order valence-corrected chi connectivity index (χ3v) is 7.95. The summed E-state index contributed by atoms with van der Waals surface area (Å²) in [6, 6.07) is 7.75. The van der Waals surface area contributed by atoms with Crippen LogP contribution in [0.4, 0.5) is 11.4 Å². The Labute approximate surface area is 184 Å². The van der Waals surface area contributed by atoms with Crippen LogP contribution in [0.1, 0.15) is 29.4 Å². The zero-order valence-corrected chi connectivity index (χ0v) is 19.3. The summed E-state index contributed by atoms with van der Waals surface area (Å²) >= 11 is 0. The number of nitrogens with zero attached hydrogens (tertiary/aromatic N) is 4. The smallest absolute Gasteiger partial charge is 0.238 e. The maximum Gasteiger partial charge on any atom is 0.238 e. The molecule has 2 aromatic rings. The number of anilines is 2. The summed E-state index contributed by atoms with van der Waals surface area (Å²) < 4.78 is 25.7. The molecule has 0 aliphatic carbocycles. The van der Waals surface area contributed by atoms with E-state index in [0.717, 1.165) is 54.5 Å². The molecular formula is C22H31N5O3S. The van der Waals surface area contributed by atoms with Crippen molar-refractivity contribution in [3.8, 4) is 0 Å². The van der Waals surface area contributed by atoms with E-state index in [-0.39, 0.29) is 23.5 Å². The zero-order chi connectivity index (χ0) is 22.2. The number of hydrogen-bond acceptors (Lipinski definition) is 6. The van der Waals surface area contributed by atoms with Gasteiger partial charge in [-0.15, -0.1) is 0 Å². The molecule has 0 saturated carbocycles. The van der Waals surface area contributed by atoms with Crippen LogP contribution in [-0.2, 0) is 14.6 Å². The van der Waals surface area contributed by atoms with E-state index in [0.29, 0.717) is 13.0 Å². The van der Waals surface area contributed by atoms with Crippen molar-refractivity contribution in [1.82, 2.24) is 14.7 Å². The summed E-state index contributed by atoms with van der Waals surface area (Å²) in [6.45, 7) is 9.62. The Bertz CT molecular complexity index is 1070. The molecule has 9 heteroatoms. The number of rotatable bonds is 5. The lowest BCUT2D eigenvalue weighted by Crippen LogP contribution is -2.49. The van der Waals surface area contributed by atoms with Crippen molar-refractivity contribution in [3.63, 3.8) is 0 Å². The second kappa shape index (κ2) is 8.63. The molecule has 0 bridgehead atoms. The number of amides is 1. The van der Waals surface area contributed by atoms with Gasteiger partial charge in [0, 0.05) is 31.9 Å². The van der Waals surface area contributed by atoms with E-state index in [1.807, 2.05) is 49.7 Å². The SMILES string of the molecule is Cc1cccc(NC(=O)CN2CCN(c3c(C)nn(C4CCS(=O)(=O)C4)c3C)CC2)c1. The molecule has 8 nitrogen and oxygen atoms in total. The lowest BCUT2D eigenvalue weighted by Gasteiger charge is -2.36. The molecule has 168 valence electrons. The van der Waals surface area contributed by atoms with Crippen molar-refractivity contribution >= 4 is 27.1 Å². The fraction of sp³-hybridized carbons (Fsp3) is 0.545. The molecule has 31 heavy (non-hydrogen) atoms. The molecule has 1 amide bonds. The molecule has 2 aliphatic rings. The topological polar surface area (TPSA) is 87.5 Å². The summed E-state index contributed by atoms with van der Waals surface area (Å²) in [5.74, 6) is 0.425. The molecule has 0 spiro atoms. The molecule has 1 atom stereocenters. The molecular weight excluding hydrogens is 414 g/mol. The van der Waals surface area contributed by atoms with Crippen molar-refractivity contribution in [2.75, 3.05) is 54.4 Å². The Morgan fingerprint density at radius 1 is 1.16 bits per heavy atom. The number of aryl methyl sites for hydroxylation is 2. The first-order valence-corrected chi connectivity index (χ1v) is 12.6. The monoisotopic (exact) mass is 445 g/mol. The predicted octanol–water partition coefficient (Wildman–Crippen LogP) is 1.93. The highest BCUT2D eigenvalue weighted by molar-refractivity contribution is 7.91. The fourth-order valence-electron chi connectivity index (χ4n) is 4.69. The van der Waals surface area contributed by atoms with Crippen molar-refractivity contribution in [2.45, 2.75) is 33.2 Å². The molecule has 4 rings (SSSR count). The van der Waals surface area contributed by atoms with Crippen LogP contribution in [0.2, 0.25) is 0 Å². The number of nitrogens with one attached hydrogen (secondary N) is 1. The van der Waals surface area contributed by atoms with E-state index in [2.05, 4.69) is 20.2 Å². The van der Waals surface area contributed by atoms with Crippen molar-refractivity contribution < 1.29 is 13.2 Å².